The van der Waals surface area contributed by atoms with E-state index in [9.17, 15) is 29.4 Å². The van der Waals surface area contributed by atoms with Crippen molar-refractivity contribution in [3.05, 3.63) is 182 Å². The number of aromatic carboxylic acids is 1. The largest absolute Gasteiger partial charge is 1.00 e. The first-order valence-electron chi connectivity index (χ1n) is 22.6. The molecule has 7 rings (SSSR count). The average molecular weight is 1080 g/mol. The number of H-pyrrole nitrogens is 1. The van der Waals surface area contributed by atoms with Crippen LogP contribution in [0.4, 0.5) is 5.82 Å². The van der Waals surface area contributed by atoms with Crippen LogP contribution in [0.5, 0.6) is 5.75 Å². The number of esters is 2. The molecular weight excluding hydrogens is 1020 g/mol. The SMILES string of the molecule is Nc1nc(=O)[nH]cc1I.O=C(CCCCCCCCCCCOc1ccccc1)O[C@H]1[C@H](OC(=O)c2cocc2C(=O)[O-])C(O)O[C@@H]1COC(c1ccccc1)(c1ccccc1)c1ccccc1.[K+]. The molecule has 1 aliphatic rings. The number of benzene rings is 4. The van der Waals surface area contributed by atoms with Gasteiger partial charge in [0.25, 0.3) is 0 Å². The zero-order valence-corrected chi connectivity index (χ0v) is 43.7. The van der Waals surface area contributed by atoms with Crippen molar-refractivity contribution in [2.75, 3.05) is 18.9 Å². The monoisotopic (exact) mass is 1080 g/mol. The molecule has 4 atom stereocenters. The van der Waals surface area contributed by atoms with Crippen molar-refractivity contribution in [2.24, 2.45) is 0 Å². The topological polar surface area (TPSA) is 226 Å². The van der Waals surface area contributed by atoms with Gasteiger partial charge in [0.05, 0.1) is 28.3 Å². The summed E-state index contributed by atoms with van der Waals surface area (Å²) in [5.41, 5.74) is 5.21. The number of furan rings is 1. The fourth-order valence-corrected chi connectivity index (χ4v) is 8.08. The van der Waals surface area contributed by atoms with Gasteiger partial charge in [0, 0.05) is 12.6 Å². The fraction of sp³-hybridized carbons (Fsp3) is 0.327. The third kappa shape index (κ3) is 16.2. The van der Waals surface area contributed by atoms with Crippen LogP contribution in [0.2, 0.25) is 0 Å². The summed E-state index contributed by atoms with van der Waals surface area (Å²) in [7, 11) is 0. The minimum absolute atomic E-state index is 0. The number of nitrogens with one attached hydrogen (secondary N) is 1. The number of carbonyl (C=O) groups excluding carboxylic acids is 3. The van der Waals surface area contributed by atoms with Gasteiger partial charge in [-0.1, -0.05) is 154 Å². The number of nitrogens with two attached hydrogens (primary N) is 1. The number of unbranched alkanes of at least 4 members (excludes halogenated alkanes) is 8. The molecule has 69 heavy (non-hydrogen) atoms. The molecule has 0 amide bonds. The molecule has 1 fully saturated rings. The smallest absolute Gasteiger partial charge is 0.545 e. The van der Waals surface area contributed by atoms with E-state index >= 15 is 0 Å². The van der Waals surface area contributed by atoms with E-state index in [1.807, 2.05) is 144 Å². The Morgan fingerprint density at radius 3 is 1.75 bits per heavy atom. The Hall–Kier alpha value is -4.70. The van der Waals surface area contributed by atoms with Crippen molar-refractivity contribution in [2.45, 2.75) is 94.4 Å². The molecule has 1 saturated heterocycles. The van der Waals surface area contributed by atoms with Gasteiger partial charge in [-0.3, -0.25) is 4.79 Å². The van der Waals surface area contributed by atoms with Gasteiger partial charge < -0.3 is 53.8 Å². The summed E-state index contributed by atoms with van der Waals surface area (Å²) >= 11 is 1.98. The maximum absolute atomic E-state index is 13.4. The Labute approximate surface area is 457 Å². The standard InChI is InChI=1S/C48H52O11.C4H4IN3O.K/c49-42(30-20-6-4-2-1-3-5-7-21-31-55-38-28-18-11-19-29-38)58-43-41(57-47(53)44(43)59-46(52)40-33-54-32-39(40)45(50)51)34-56-48(35-22-12-8-13-23-35,36-24-14-9-15-25-36)37-26-16-10-17-27-37;5-2-1-7-4(9)8-3(2)6;/h8-19,22-29,32-33,41,43-44,47,53H,1-7,20-21,30-31,34H2,(H,50,51);1H,(H3,6,7,8,9);/q;;+1/p-1/t41-,43-,44+,47?;;/m1../s1. The van der Waals surface area contributed by atoms with Gasteiger partial charge in [-0.05, 0) is 64.3 Å². The minimum atomic E-state index is -1.74. The van der Waals surface area contributed by atoms with Crippen molar-refractivity contribution < 1.29 is 104 Å². The number of aromatic amines is 1. The van der Waals surface area contributed by atoms with Gasteiger partial charge >= 0.3 is 69.0 Å². The number of para-hydroxylation sites is 1. The van der Waals surface area contributed by atoms with E-state index in [2.05, 4.69) is 9.97 Å². The molecule has 0 radical (unpaired) electrons. The Morgan fingerprint density at radius 2 is 1.23 bits per heavy atom. The number of hydrogen-bond donors (Lipinski definition) is 3. The van der Waals surface area contributed by atoms with Crippen LogP contribution in [0.25, 0.3) is 0 Å². The molecule has 17 heteroatoms. The summed E-state index contributed by atoms with van der Waals surface area (Å²) in [4.78, 5) is 54.5. The normalized spacial score (nSPS) is 16.3. The average Bonchev–Trinajstić information content (AvgIpc) is 3.97. The van der Waals surface area contributed by atoms with Crippen LogP contribution < -0.4 is 72.7 Å². The first kappa shape index (κ1) is 55.2. The van der Waals surface area contributed by atoms with E-state index in [0.717, 1.165) is 89.9 Å². The van der Waals surface area contributed by atoms with Crippen molar-refractivity contribution in [3.8, 4) is 5.75 Å². The van der Waals surface area contributed by atoms with Gasteiger partial charge in [-0.25, -0.2) is 9.59 Å². The summed E-state index contributed by atoms with van der Waals surface area (Å²) in [6, 6.07) is 38.8. The van der Waals surface area contributed by atoms with Gasteiger partial charge in [-0.15, -0.1) is 0 Å². The number of rotatable bonds is 23. The van der Waals surface area contributed by atoms with Crippen molar-refractivity contribution in [1.29, 1.82) is 0 Å². The van der Waals surface area contributed by atoms with Crippen molar-refractivity contribution >= 4 is 46.3 Å². The predicted molar refractivity (Wildman–Crippen MR) is 258 cm³/mol. The molecular formula is C52H55IKN3O12. The van der Waals surface area contributed by atoms with Crippen LogP contribution >= 0.6 is 22.6 Å². The van der Waals surface area contributed by atoms with Crippen LogP contribution in [0.1, 0.15) is 102 Å². The van der Waals surface area contributed by atoms with Crippen LogP contribution in [0.15, 0.2) is 149 Å². The maximum Gasteiger partial charge on any atom is 1.00 e. The molecule has 2 aromatic heterocycles. The summed E-state index contributed by atoms with van der Waals surface area (Å²) < 4.78 is 35.9. The second-order valence-electron chi connectivity index (χ2n) is 16.0. The number of nitrogens with zero attached hydrogens (tertiary/aromatic N) is 1. The van der Waals surface area contributed by atoms with Crippen molar-refractivity contribution in [3.63, 3.8) is 0 Å². The number of carbonyl (C=O) groups is 3. The predicted octanol–water partition coefficient (Wildman–Crippen LogP) is 4.75. The van der Waals surface area contributed by atoms with Crippen molar-refractivity contribution in [1.82, 2.24) is 9.97 Å². The Bertz CT molecular complexity index is 2440. The maximum atomic E-state index is 13.4. The number of carboxylic acid groups (broad SMARTS) is 1. The van der Waals surface area contributed by atoms with E-state index < -0.39 is 64.9 Å². The molecule has 0 saturated carbocycles. The number of halogens is 1. The van der Waals surface area contributed by atoms with Gasteiger partial charge in [0.15, 0.2) is 18.5 Å². The number of aliphatic hydroxyl groups is 1. The number of carboxylic acids is 1. The second-order valence-corrected chi connectivity index (χ2v) is 17.2. The third-order valence-electron chi connectivity index (χ3n) is 11.2. The molecule has 0 aliphatic carbocycles. The molecule has 1 unspecified atom stereocenters. The van der Waals surface area contributed by atoms with E-state index in [-0.39, 0.29) is 70.2 Å². The minimum Gasteiger partial charge on any atom is -0.545 e. The molecule has 1 aliphatic heterocycles. The molecule has 3 heterocycles. The van der Waals surface area contributed by atoms with Crippen LogP contribution in [-0.2, 0) is 29.3 Å². The van der Waals surface area contributed by atoms with E-state index in [1.54, 1.807) is 0 Å². The van der Waals surface area contributed by atoms with Gasteiger partial charge in [0.2, 0.25) is 0 Å². The van der Waals surface area contributed by atoms with Crippen LogP contribution in [-0.4, -0.2) is 70.8 Å². The molecule has 0 spiro atoms. The zero-order valence-electron chi connectivity index (χ0n) is 38.4. The number of ether oxygens (including phenoxy) is 5. The van der Waals surface area contributed by atoms with Crippen LogP contribution in [0, 0.1) is 3.57 Å². The number of anilines is 1. The van der Waals surface area contributed by atoms with E-state index in [4.69, 9.17) is 33.8 Å². The molecule has 0 bridgehead atoms. The van der Waals surface area contributed by atoms with E-state index in [0.29, 0.717) is 13.0 Å². The summed E-state index contributed by atoms with van der Waals surface area (Å²) in [6.45, 7) is 0.504. The summed E-state index contributed by atoms with van der Waals surface area (Å²) in [5, 5.41) is 22.8. The Balaban J connectivity index is 0.000000797. The van der Waals surface area contributed by atoms with Crippen LogP contribution in [0.3, 0.4) is 0 Å². The van der Waals surface area contributed by atoms with E-state index in [1.165, 1.54) is 6.20 Å². The second kappa shape index (κ2) is 28.8. The Kier molecular flexibility index (Phi) is 23.1. The number of nitrogen functional groups attached to an aromatic ring is 1. The summed E-state index contributed by atoms with van der Waals surface area (Å²) in [6.07, 6.45) is 6.70. The first-order valence-corrected chi connectivity index (χ1v) is 23.6. The van der Waals surface area contributed by atoms with Gasteiger partial charge in [0.1, 0.15) is 41.4 Å². The molecule has 6 aromatic rings. The number of aromatic nitrogens is 2. The Morgan fingerprint density at radius 1 is 0.725 bits per heavy atom. The molecule has 4 N–H and O–H groups in total. The zero-order chi connectivity index (χ0) is 48.1. The first-order chi connectivity index (χ1) is 33.1. The number of aliphatic hydroxyl groups excluding tert-OH is 1. The molecule has 4 aromatic carbocycles. The fourth-order valence-electron chi connectivity index (χ4n) is 7.81. The quantitative estimate of drug-likeness (QED) is 0.0259. The molecule has 15 nitrogen and oxygen atoms in total. The van der Waals surface area contributed by atoms with Gasteiger partial charge in [-0.2, -0.15) is 4.98 Å². The number of hydrogen-bond acceptors (Lipinski definition) is 14. The summed E-state index contributed by atoms with van der Waals surface area (Å²) in [5.74, 6) is -2.16. The third-order valence-corrected chi connectivity index (χ3v) is 12.1. The molecule has 358 valence electrons.